The third-order valence-electron chi connectivity index (χ3n) is 2.20. The van der Waals surface area contributed by atoms with E-state index in [9.17, 15) is 13.6 Å². The van der Waals surface area contributed by atoms with Gasteiger partial charge in [-0.15, -0.1) is 0 Å². The second-order valence-electron chi connectivity index (χ2n) is 4.27. The zero-order valence-corrected chi connectivity index (χ0v) is 9.77. The first-order valence-electron chi connectivity index (χ1n) is 4.96. The van der Waals surface area contributed by atoms with E-state index in [1.165, 1.54) is 20.8 Å². The monoisotopic (exact) mass is 238 g/mol. The lowest BCUT2D eigenvalue weighted by molar-refractivity contribution is 0.0924. The van der Waals surface area contributed by atoms with Crippen molar-refractivity contribution in [1.82, 2.24) is 5.32 Å². The highest BCUT2D eigenvalue weighted by molar-refractivity contribution is 5.95. The Bertz CT molecular complexity index is 504. The SMILES string of the molecule is Cc1cc(F)c(C(=O)NC(C)(C)C#N)cc1F. The number of aryl methyl sites for hydroxylation is 1. The molecule has 0 heterocycles. The summed E-state index contributed by atoms with van der Waals surface area (Å²) in [5.74, 6) is -2.28. The second kappa shape index (κ2) is 4.50. The third kappa shape index (κ3) is 3.00. The van der Waals surface area contributed by atoms with Crippen molar-refractivity contribution >= 4 is 5.91 Å². The molecule has 0 saturated carbocycles. The molecule has 0 aromatic heterocycles. The summed E-state index contributed by atoms with van der Waals surface area (Å²) in [6.45, 7) is 4.33. The molecule has 5 heteroatoms. The lowest BCUT2D eigenvalue weighted by atomic mass is 10.1. The third-order valence-corrected chi connectivity index (χ3v) is 2.20. The summed E-state index contributed by atoms with van der Waals surface area (Å²) in [6, 6.07) is 3.61. The predicted molar refractivity (Wildman–Crippen MR) is 58.3 cm³/mol. The van der Waals surface area contributed by atoms with Crippen LogP contribution in [0.3, 0.4) is 0 Å². The normalized spacial score (nSPS) is 10.8. The van der Waals surface area contributed by atoms with Crippen LogP contribution in [0.1, 0.15) is 29.8 Å². The largest absolute Gasteiger partial charge is 0.334 e. The molecule has 0 saturated heterocycles. The number of amides is 1. The molecule has 0 aliphatic rings. The van der Waals surface area contributed by atoms with Crippen LogP contribution in [0.4, 0.5) is 8.78 Å². The first-order chi connectivity index (χ1) is 7.76. The van der Waals surface area contributed by atoms with Crippen LogP contribution >= 0.6 is 0 Å². The highest BCUT2D eigenvalue weighted by Gasteiger charge is 2.23. The van der Waals surface area contributed by atoms with E-state index in [4.69, 9.17) is 5.26 Å². The number of carbonyl (C=O) groups is 1. The van der Waals surface area contributed by atoms with Crippen LogP contribution in [0, 0.1) is 29.9 Å². The first-order valence-corrected chi connectivity index (χ1v) is 4.96. The number of hydrogen-bond acceptors (Lipinski definition) is 2. The number of halogens is 2. The van der Waals surface area contributed by atoms with Gasteiger partial charge in [0.2, 0.25) is 0 Å². The molecule has 1 aromatic carbocycles. The van der Waals surface area contributed by atoms with Gasteiger partial charge in [0, 0.05) is 0 Å². The standard InChI is InChI=1S/C12H12F2N2O/c1-7-4-10(14)8(5-9(7)13)11(17)16-12(2,3)6-15/h4-5H,1-3H3,(H,16,17). The predicted octanol–water partition coefficient (Wildman–Crippen LogP) is 2.31. The fourth-order valence-corrected chi connectivity index (χ4v) is 1.20. The van der Waals surface area contributed by atoms with E-state index in [1.54, 1.807) is 0 Å². The summed E-state index contributed by atoms with van der Waals surface area (Å²) >= 11 is 0. The number of carbonyl (C=O) groups excluding carboxylic acids is 1. The lowest BCUT2D eigenvalue weighted by Crippen LogP contribution is -2.42. The summed E-state index contributed by atoms with van der Waals surface area (Å²) in [5, 5.41) is 11.0. The van der Waals surface area contributed by atoms with Gasteiger partial charge >= 0.3 is 0 Å². The van der Waals surface area contributed by atoms with Gasteiger partial charge < -0.3 is 5.32 Å². The number of benzene rings is 1. The molecule has 1 amide bonds. The smallest absolute Gasteiger partial charge is 0.255 e. The number of rotatable bonds is 2. The number of nitriles is 1. The quantitative estimate of drug-likeness (QED) is 0.859. The molecule has 0 fully saturated rings. The Morgan fingerprint density at radius 2 is 1.94 bits per heavy atom. The van der Waals surface area contributed by atoms with Crippen LogP contribution in [-0.4, -0.2) is 11.4 Å². The van der Waals surface area contributed by atoms with Crippen LogP contribution in [0.15, 0.2) is 12.1 Å². The van der Waals surface area contributed by atoms with Gasteiger partial charge in [0.15, 0.2) is 0 Å². The molecule has 0 aliphatic carbocycles. The summed E-state index contributed by atoms with van der Waals surface area (Å²) in [6.07, 6.45) is 0. The summed E-state index contributed by atoms with van der Waals surface area (Å²) in [4.78, 5) is 11.6. The van der Waals surface area contributed by atoms with Crippen molar-refractivity contribution in [2.75, 3.05) is 0 Å². The molecule has 0 aliphatic heterocycles. The average molecular weight is 238 g/mol. The van der Waals surface area contributed by atoms with E-state index in [0.29, 0.717) is 0 Å². The lowest BCUT2D eigenvalue weighted by Gasteiger charge is -2.17. The maximum Gasteiger partial charge on any atom is 0.255 e. The number of nitrogens with zero attached hydrogens (tertiary/aromatic N) is 1. The minimum absolute atomic E-state index is 0.124. The van der Waals surface area contributed by atoms with Crippen LogP contribution in [0.2, 0.25) is 0 Å². The van der Waals surface area contributed by atoms with Crippen LogP contribution in [0.5, 0.6) is 0 Å². The fraction of sp³-hybridized carbons (Fsp3) is 0.333. The van der Waals surface area contributed by atoms with E-state index in [0.717, 1.165) is 12.1 Å². The highest BCUT2D eigenvalue weighted by atomic mass is 19.1. The van der Waals surface area contributed by atoms with E-state index in [-0.39, 0.29) is 5.56 Å². The molecule has 1 N–H and O–H groups in total. The second-order valence-corrected chi connectivity index (χ2v) is 4.27. The van der Waals surface area contributed by atoms with Crippen LogP contribution in [0.25, 0.3) is 0 Å². The summed E-state index contributed by atoms with van der Waals surface area (Å²) in [7, 11) is 0. The molecule has 17 heavy (non-hydrogen) atoms. The average Bonchev–Trinajstić information content (AvgIpc) is 2.22. The minimum atomic E-state index is -1.13. The molecule has 1 aromatic rings. The van der Waals surface area contributed by atoms with Crippen molar-refractivity contribution in [2.24, 2.45) is 0 Å². The van der Waals surface area contributed by atoms with Gasteiger partial charge in [-0.1, -0.05) is 0 Å². The Labute approximate surface area is 98.1 Å². The molecular weight excluding hydrogens is 226 g/mol. The maximum atomic E-state index is 13.4. The molecule has 0 spiro atoms. The topological polar surface area (TPSA) is 52.9 Å². The van der Waals surface area contributed by atoms with Gasteiger partial charge in [-0.25, -0.2) is 8.78 Å². The summed E-state index contributed by atoms with van der Waals surface area (Å²) in [5.41, 5.74) is -1.42. The number of hydrogen-bond donors (Lipinski definition) is 1. The fourth-order valence-electron chi connectivity index (χ4n) is 1.20. The first kappa shape index (κ1) is 13.1. The Morgan fingerprint density at radius 1 is 1.35 bits per heavy atom. The van der Waals surface area contributed by atoms with Crippen molar-refractivity contribution in [3.63, 3.8) is 0 Å². The van der Waals surface area contributed by atoms with Gasteiger partial charge in [0.1, 0.15) is 17.2 Å². The van der Waals surface area contributed by atoms with E-state index < -0.39 is 28.6 Å². The zero-order chi connectivity index (χ0) is 13.2. The Morgan fingerprint density at radius 3 is 2.47 bits per heavy atom. The molecule has 0 atom stereocenters. The van der Waals surface area contributed by atoms with Crippen molar-refractivity contribution in [1.29, 1.82) is 5.26 Å². The summed E-state index contributed by atoms with van der Waals surface area (Å²) < 4.78 is 26.7. The van der Waals surface area contributed by atoms with E-state index in [2.05, 4.69) is 5.32 Å². The van der Waals surface area contributed by atoms with Gasteiger partial charge in [-0.05, 0) is 38.5 Å². The molecular formula is C12H12F2N2O. The number of nitrogens with one attached hydrogen (secondary N) is 1. The Balaban J connectivity index is 3.07. The van der Waals surface area contributed by atoms with Crippen LogP contribution in [-0.2, 0) is 0 Å². The molecule has 0 unspecified atom stereocenters. The van der Waals surface area contributed by atoms with Gasteiger partial charge in [0.25, 0.3) is 5.91 Å². The van der Waals surface area contributed by atoms with Crippen molar-refractivity contribution in [2.45, 2.75) is 26.3 Å². The van der Waals surface area contributed by atoms with E-state index in [1.807, 2.05) is 6.07 Å². The Hall–Kier alpha value is -1.96. The van der Waals surface area contributed by atoms with Crippen LogP contribution < -0.4 is 5.32 Å². The van der Waals surface area contributed by atoms with E-state index >= 15 is 0 Å². The molecule has 3 nitrogen and oxygen atoms in total. The maximum absolute atomic E-state index is 13.4. The molecule has 90 valence electrons. The van der Waals surface area contributed by atoms with Gasteiger partial charge in [-0.3, -0.25) is 4.79 Å². The minimum Gasteiger partial charge on any atom is -0.334 e. The molecule has 1 rings (SSSR count). The van der Waals surface area contributed by atoms with Gasteiger partial charge in [-0.2, -0.15) is 5.26 Å². The highest BCUT2D eigenvalue weighted by Crippen LogP contribution is 2.15. The zero-order valence-electron chi connectivity index (χ0n) is 9.77. The molecule has 0 bridgehead atoms. The molecule has 0 radical (unpaired) electrons. The van der Waals surface area contributed by atoms with Crippen molar-refractivity contribution in [3.05, 3.63) is 34.9 Å². The van der Waals surface area contributed by atoms with Crippen molar-refractivity contribution in [3.8, 4) is 6.07 Å². The Kier molecular flexibility index (Phi) is 3.47. The van der Waals surface area contributed by atoms with Crippen molar-refractivity contribution < 1.29 is 13.6 Å². The van der Waals surface area contributed by atoms with Gasteiger partial charge in [0.05, 0.1) is 11.6 Å².